The highest BCUT2D eigenvalue weighted by Crippen LogP contribution is 2.14. The maximum Gasteiger partial charge on any atom is 0.306 e. The number of ether oxygens (including phenoxy) is 3. The number of hydrogen-bond donors (Lipinski definition) is 0. The lowest BCUT2D eigenvalue weighted by Crippen LogP contribution is -2.30. The van der Waals surface area contributed by atoms with Crippen molar-refractivity contribution in [1.82, 2.24) is 0 Å². The topological polar surface area (TPSA) is 78.9 Å². The van der Waals surface area contributed by atoms with Gasteiger partial charge in [-0.3, -0.25) is 14.4 Å². The number of carbonyl (C=O) groups is 3. The van der Waals surface area contributed by atoms with Crippen molar-refractivity contribution in [1.29, 1.82) is 0 Å². The molecule has 1 atom stereocenters. The number of esters is 3. The lowest BCUT2D eigenvalue weighted by Gasteiger charge is -2.18. The molecule has 6 heteroatoms. The summed E-state index contributed by atoms with van der Waals surface area (Å²) in [4.78, 5) is 38.0. The molecule has 1 unspecified atom stereocenters. The molecule has 0 fully saturated rings. The van der Waals surface area contributed by atoms with Crippen LogP contribution in [0, 0.1) is 0 Å². The van der Waals surface area contributed by atoms with Crippen LogP contribution in [0.2, 0.25) is 0 Å². The molecule has 0 spiro atoms. The van der Waals surface area contributed by atoms with Crippen molar-refractivity contribution >= 4 is 17.9 Å². The summed E-state index contributed by atoms with van der Waals surface area (Å²) in [6.45, 7) is 6.49. The molecular weight excluding hydrogens is 793 g/mol. The molecule has 0 aliphatic heterocycles. The first kappa shape index (κ1) is 60.6. The Bertz CT molecular complexity index is 1250. The smallest absolute Gasteiger partial charge is 0.306 e. The molecule has 0 bridgehead atoms. The summed E-state index contributed by atoms with van der Waals surface area (Å²) >= 11 is 0. The van der Waals surface area contributed by atoms with Gasteiger partial charge < -0.3 is 14.2 Å². The van der Waals surface area contributed by atoms with Crippen LogP contribution in [-0.2, 0) is 28.6 Å². The van der Waals surface area contributed by atoms with E-state index < -0.39 is 6.10 Å². The average molecular weight is 891 g/mol. The van der Waals surface area contributed by atoms with Crippen LogP contribution in [0.25, 0.3) is 0 Å². The molecular formula is C58H98O6. The fourth-order valence-corrected chi connectivity index (χ4v) is 7.17. The first-order valence-corrected chi connectivity index (χ1v) is 26.7. The summed E-state index contributed by atoms with van der Waals surface area (Å²) in [7, 11) is 0. The molecule has 0 radical (unpaired) electrons. The predicted molar refractivity (Wildman–Crippen MR) is 274 cm³/mol. The van der Waals surface area contributed by atoms with Gasteiger partial charge in [0.25, 0.3) is 0 Å². The molecule has 0 aliphatic carbocycles. The van der Waals surface area contributed by atoms with Gasteiger partial charge >= 0.3 is 17.9 Å². The largest absolute Gasteiger partial charge is 0.462 e. The van der Waals surface area contributed by atoms with Crippen LogP contribution >= 0.6 is 0 Å². The van der Waals surface area contributed by atoms with Crippen LogP contribution in [0.5, 0.6) is 0 Å². The van der Waals surface area contributed by atoms with Gasteiger partial charge in [-0.2, -0.15) is 0 Å². The van der Waals surface area contributed by atoms with Crippen LogP contribution in [0.3, 0.4) is 0 Å². The van der Waals surface area contributed by atoms with Crippen molar-refractivity contribution < 1.29 is 28.6 Å². The lowest BCUT2D eigenvalue weighted by atomic mass is 10.1. The molecule has 0 aromatic heterocycles. The number of hydrogen-bond acceptors (Lipinski definition) is 6. The number of rotatable bonds is 47. The van der Waals surface area contributed by atoms with E-state index in [9.17, 15) is 14.4 Å². The molecule has 0 amide bonds. The zero-order chi connectivity index (χ0) is 46.5. The molecule has 0 aromatic rings. The van der Waals surface area contributed by atoms with Crippen molar-refractivity contribution in [3.05, 3.63) is 85.1 Å². The molecule has 0 N–H and O–H groups in total. The third-order valence-electron chi connectivity index (χ3n) is 11.2. The normalized spacial score (nSPS) is 12.7. The van der Waals surface area contributed by atoms with Crippen molar-refractivity contribution in [3.8, 4) is 0 Å². The summed E-state index contributed by atoms with van der Waals surface area (Å²) in [6.07, 6.45) is 67.0. The standard InChI is InChI=1S/C58H98O6/c1-4-7-10-13-16-19-22-25-28-29-30-31-34-36-39-42-45-48-51-57(60)63-54-55(64-58(61)52-49-46-43-40-37-33-27-24-21-18-15-12-9-6-3)53-62-56(59)50-47-44-41-38-35-32-26-23-20-17-14-11-8-5-2/h10,13,16,19,22,25,28-33,35,37,55H,4-9,11-12,14-15,17-18,20-21,23-24,26-27,34,36,38-54H2,1-3H3/b13-10-,19-16-,25-22-,29-28-,31-30-,35-32-,37-33-. The Labute approximate surface area is 395 Å². The Morgan fingerprint density at radius 3 is 1.00 bits per heavy atom. The van der Waals surface area contributed by atoms with E-state index in [1.54, 1.807) is 0 Å². The molecule has 64 heavy (non-hydrogen) atoms. The number of unbranched alkanes of at least 4 members (excludes halogenated alkanes) is 26. The molecule has 0 aromatic carbocycles. The Morgan fingerprint density at radius 2 is 0.609 bits per heavy atom. The van der Waals surface area contributed by atoms with Gasteiger partial charge in [-0.15, -0.1) is 0 Å². The number of allylic oxidation sites excluding steroid dienone is 14. The van der Waals surface area contributed by atoms with Crippen molar-refractivity contribution in [2.75, 3.05) is 13.2 Å². The summed E-state index contributed by atoms with van der Waals surface area (Å²) in [5.41, 5.74) is 0. The Kier molecular flexibility index (Phi) is 49.4. The first-order valence-electron chi connectivity index (χ1n) is 26.7. The summed E-state index contributed by atoms with van der Waals surface area (Å²) in [6, 6.07) is 0. The van der Waals surface area contributed by atoms with Crippen LogP contribution in [-0.4, -0.2) is 37.2 Å². The van der Waals surface area contributed by atoms with Crippen molar-refractivity contribution in [2.24, 2.45) is 0 Å². The highest BCUT2D eigenvalue weighted by atomic mass is 16.6. The molecule has 366 valence electrons. The third kappa shape index (κ3) is 49.6. The molecule has 0 heterocycles. The second kappa shape index (κ2) is 52.2. The van der Waals surface area contributed by atoms with Crippen LogP contribution in [0.4, 0.5) is 0 Å². The van der Waals surface area contributed by atoms with Crippen LogP contribution in [0.1, 0.15) is 245 Å². The zero-order valence-corrected chi connectivity index (χ0v) is 41.8. The van der Waals surface area contributed by atoms with Crippen LogP contribution < -0.4 is 0 Å². The van der Waals surface area contributed by atoms with E-state index in [0.717, 1.165) is 109 Å². The highest BCUT2D eigenvalue weighted by molar-refractivity contribution is 5.71. The Morgan fingerprint density at radius 1 is 0.312 bits per heavy atom. The fraction of sp³-hybridized carbons (Fsp3) is 0.707. The van der Waals surface area contributed by atoms with E-state index in [1.165, 1.54) is 96.3 Å². The minimum atomic E-state index is -0.801. The monoisotopic (exact) mass is 891 g/mol. The molecule has 0 saturated carbocycles. The van der Waals surface area contributed by atoms with Crippen LogP contribution in [0.15, 0.2) is 85.1 Å². The van der Waals surface area contributed by atoms with Gasteiger partial charge in [-0.25, -0.2) is 0 Å². The van der Waals surface area contributed by atoms with Crippen molar-refractivity contribution in [3.63, 3.8) is 0 Å². The highest BCUT2D eigenvalue weighted by Gasteiger charge is 2.19. The van der Waals surface area contributed by atoms with Gasteiger partial charge in [-0.05, 0) is 89.9 Å². The van der Waals surface area contributed by atoms with Gasteiger partial charge in [0.1, 0.15) is 13.2 Å². The van der Waals surface area contributed by atoms with E-state index in [1.807, 2.05) is 24.3 Å². The minimum Gasteiger partial charge on any atom is -0.462 e. The predicted octanol–water partition coefficient (Wildman–Crippen LogP) is 17.6. The SMILES string of the molecule is CCC\C=C/C=C\C=C/C=C\C=C/CCCCCCCC(=O)OCC(COC(=O)CCCCC/C=C\CCCCCCCCC)OC(=O)CCCCC/C=C\CCCCCCCCC. The molecule has 0 rings (SSSR count). The summed E-state index contributed by atoms with van der Waals surface area (Å²) in [5.74, 6) is -0.954. The van der Waals surface area contributed by atoms with E-state index in [2.05, 4.69) is 81.5 Å². The minimum absolute atomic E-state index is 0.0992. The molecule has 0 saturated heterocycles. The summed E-state index contributed by atoms with van der Waals surface area (Å²) in [5, 5.41) is 0. The Balaban J connectivity index is 4.48. The molecule has 0 aliphatic rings. The van der Waals surface area contributed by atoms with Gasteiger partial charge in [0.15, 0.2) is 6.10 Å². The van der Waals surface area contributed by atoms with E-state index >= 15 is 0 Å². The maximum absolute atomic E-state index is 12.8. The number of carbonyl (C=O) groups excluding carboxylic acids is 3. The van der Waals surface area contributed by atoms with Gasteiger partial charge in [0.05, 0.1) is 0 Å². The van der Waals surface area contributed by atoms with E-state index in [4.69, 9.17) is 14.2 Å². The Hall–Kier alpha value is -3.41. The van der Waals surface area contributed by atoms with Gasteiger partial charge in [-0.1, -0.05) is 221 Å². The maximum atomic E-state index is 12.8. The first-order chi connectivity index (χ1) is 31.5. The van der Waals surface area contributed by atoms with E-state index in [-0.39, 0.29) is 31.1 Å². The van der Waals surface area contributed by atoms with Gasteiger partial charge in [0, 0.05) is 19.3 Å². The second-order valence-corrected chi connectivity index (χ2v) is 17.5. The summed E-state index contributed by atoms with van der Waals surface area (Å²) < 4.78 is 16.8. The quantitative estimate of drug-likeness (QED) is 0.0199. The third-order valence-corrected chi connectivity index (χ3v) is 11.2. The fourth-order valence-electron chi connectivity index (χ4n) is 7.17. The molecule has 6 nitrogen and oxygen atoms in total. The zero-order valence-electron chi connectivity index (χ0n) is 41.8. The average Bonchev–Trinajstić information content (AvgIpc) is 3.29. The van der Waals surface area contributed by atoms with E-state index in [0.29, 0.717) is 19.3 Å². The van der Waals surface area contributed by atoms with Crippen molar-refractivity contribution in [2.45, 2.75) is 252 Å². The second-order valence-electron chi connectivity index (χ2n) is 17.5. The lowest BCUT2D eigenvalue weighted by molar-refractivity contribution is -0.167. The van der Waals surface area contributed by atoms with Gasteiger partial charge in [0.2, 0.25) is 0 Å².